The zero-order valence-electron chi connectivity index (χ0n) is 23.7. The number of ether oxygens (including phenoxy) is 1. The van der Waals surface area contributed by atoms with Gasteiger partial charge >= 0.3 is 6.03 Å². The number of hydrogen-bond donors (Lipinski definition) is 5. The number of amides is 7. The Bertz CT molecular complexity index is 1060. The van der Waals surface area contributed by atoms with Crippen LogP contribution in [0.1, 0.15) is 39.2 Å². The molecule has 0 spiro atoms. The van der Waals surface area contributed by atoms with Crippen molar-refractivity contribution in [2.75, 3.05) is 38.2 Å². The van der Waals surface area contributed by atoms with Crippen LogP contribution < -0.4 is 27.0 Å². The summed E-state index contributed by atoms with van der Waals surface area (Å²) in [6, 6.07) is 5.77. The third kappa shape index (κ3) is 14.1. The van der Waals surface area contributed by atoms with Crippen molar-refractivity contribution in [2.45, 2.75) is 46.0 Å². The summed E-state index contributed by atoms with van der Waals surface area (Å²) in [7, 11) is 5.54. The molecule has 1 aromatic rings. The summed E-state index contributed by atoms with van der Waals surface area (Å²) < 4.78 is 5.32. The predicted molar refractivity (Wildman–Crippen MR) is 153 cm³/mol. The second kappa shape index (κ2) is 19.0. The van der Waals surface area contributed by atoms with Crippen LogP contribution in [0.15, 0.2) is 36.4 Å². The minimum atomic E-state index is -0.824. The van der Waals surface area contributed by atoms with Crippen LogP contribution in [-0.2, 0) is 35.0 Å². The van der Waals surface area contributed by atoms with Gasteiger partial charge in [0.2, 0.25) is 17.7 Å². The molecule has 1 aromatic carbocycles. The molecule has 0 bridgehead atoms. The van der Waals surface area contributed by atoms with Crippen LogP contribution in [0.2, 0.25) is 0 Å². The molecule has 6 N–H and O–H groups in total. The number of rotatable bonds is 15. The van der Waals surface area contributed by atoms with E-state index in [1.54, 1.807) is 38.1 Å². The number of primary amides is 1. The van der Waals surface area contributed by atoms with E-state index in [2.05, 4.69) is 21.3 Å². The van der Waals surface area contributed by atoms with Crippen molar-refractivity contribution < 1.29 is 33.5 Å². The van der Waals surface area contributed by atoms with E-state index in [0.29, 0.717) is 18.6 Å². The lowest BCUT2D eigenvalue weighted by molar-refractivity contribution is -0.138. The summed E-state index contributed by atoms with van der Waals surface area (Å²) in [6.07, 6.45) is 3.71. The van der Waals surface area contributed by atoms with E-state index in [-0.39, 0.29) is 38.6 Å². The quantitative estimate of drug-likeness (QED) is 0.111. The van der Waals surface area contributed by atoms with Crippen molar-refractivity contribution in [3.05, 3.63) is 42.0 Å². The van der Waals surface area contributed by atoms with E-state index in [9.17, 15) is 28.8 Å². The second-order valence-corrected chi connectivity index (χ2v) is 9.27. The van der Waals surface area contributed by atoms with Gasteiger partial charge in [0.25, 0.3) is 11.8 Å². The van der Waals surface area contributed by atoms with Gasteiger partial charge in [-0.25, -0.2) is 4.79 Å². The first-order chi connectivity index (χ1) is 19.5. The van der Waals surface area contributed by atoms with Crippen LogP contribution in [0.5, 0.6) is 0 Å². The number of imide groups is 1. The summed E-state index contributed by atoms with van der Waals surface area (Å²) in [5.74, 6) is -2.27. The van der Waals surface area contributed by atoms with Crippen molar-refractivity contribution >= 4 is 49.1 Å². The molecule has 0 saturated carbocycles. The standard InChI is InChI=1S/C23H29BN4O6.C4H10N2O/c1-15(2)22(23(33)25-14-19(30)26-17-5-3-16(13-24)4-6-17)27-18(29)9-11-34-12-10-28-20(31)7-8-21(28)32;1-2-3-6-4(5)7/h3-8,15,22H,9-14H2,1-2H3,(H,25,33)(H,26,30)(H,27,29);2-3H2,1H3,(H3,5,6,7). The minimum absolute atomic E-state index is 0.00404. The van der Waals surface area contributed by atoms with Gasteiger partial charge in [0.15, 0.2) is 0 Å². The molecule has 222 valence electrons. The van der Waals surface area contributed by atoms with Crippen molar-refractivity contribution in [2.24, 2.45) is 11.7 Å². The molecule has 14 heteroatoms. The number of urea groups is 1. The Hall–Kier alpha value is -4.20. The van der Waals surface area contributed by atoms with Crippen LogP contribution in [0.3, 0.4) is 0 Å². The van der Waals surface area contributed by atoms with Crippen LogP contribution in [0, 0.1) is 5.92 Å². The van der Waals surface area contributed by atoms with Crippen LogP contribution in [-0.4, -0.2) is 87.2 Å². The fraction of sp³-hybridized carbons (Fsp3) is 0.481. The molecule has 2 radical (unpaired) electrons. The van der Waals surface area contributed by atoms with Crippen molar-refractivity contribution in [3.63, 3.8) is 0 Å². The summed E-state index contributed by atoms with van der Waals surface area (Å²) in [5.41, 5.74) is 6.24. The second-order valence-electron chi connectivity index (χ2n) is 9.27. The molecule has 2 rings (SSSR count). The highest BCUT2D eigenvalue weighted by atomic mass is 16.5. The lowest BCUT2D eigenvalue weighted by Crippen LogP contribution is -2.51. The normalized spacial score (nSPS) is 12.8. The van der Waals surface area contributed by atoms with Crippen LogP contribution in [0.4, 0.5) is 10.5 Å². The first-order valence-corrected chi connectivity index (χ1v) is 13.3. The van der Waals surface area contributed by atoms with Crippen molar-refractivity contribution in [3.8, 4) is 0 Å². The molecule has 41 heavy (non-hydrogen) atoms. The van der Waals surface area contributed by atoms with Crippen LogP contribution >= 0.6 is 0 Å². The van der Waals surface area contributed by atoms with Gasteiger partial charge in [0.1, 0.15) is 6.04 Å². The molecular formula is C27H39BN6O7. The van der Waals surface area contributed by atoms with E-state index in [0.717, 1.165) is 16.9 Å². The maximum Gasteiger partial charge on any atom is 0.312 e. The number of benzene rings is 1. The van der Waals surface area contributed by atoms with Gasteiger partial charge in [0, 0.05) is 30.8 Å². The monoisotopic (exact) mass is 570 g/mol. The molecule has 1 unspecified atom stereocenters. The summed E-state index contributed by atoms with van der Waals surface area (Å²) in [5, 5.41) is 10.3. The predicted octanol–water partition coefficient (Wildman–Crippen LogP) is -0.0530. The van der Waals surface area contributed by atoms with Gasteiger partial charge in [-0.1, -0.05) is 44.8 Å². The zero-order valence-corrected chi connectivity index (χ0v) is 23.7. The topological polar surface area (TPSA) is 189 Å². The van der Waals surface area contributed by atoms with Crippen molar-refractivity contribution in [1.82, 2.24) is 20.9 Å². The summed E-state index contributed by atoms with van der Waals surface area (Å²) in [6.45, 7) is 6.21. The third-order valence-corrected chi connectivity index (χ3v) is 5.54. The van der Waals surface area contributed by atoms with Gasteiger partial charge in [0.05, 0.1) is 34.1 Å². The Morgan fingerprint density at radius 1 is 0.976 bits per heavy atom. The van der Waals surface area contributed by atoms with E-state index in [1.807, 2.05) is 6.92 Å². The molecule has 13 nitrogen and oxygen atoms in total. The number of nitrogens with zero attached hydrogens (tertiary/aromatic N) is 1. The SMILES string of the molecule is CCCNC(N)=O.[B]Cc1ccc(NC(=O)CNC(=O)C(NC(=O)CCOCCN2C(=O)C=CC2=O)C(C)C)cc1. The maximum absolute atomic E-state index is 12.5. The molecule has 7 amide bonds. The minimum Gasteiger partial charge on any atom is -0.379 e. The molecule has 0 aromatic heterocycles. The van der Waals surface area contributed by atoms with Gasteiger partial charge < -0.3 is 31.7 Å². The van der Waals surface area contributed by atoms with Gasteiger partial charge in [-0.3, -0.25) is 28.9 Å². The zero-order chi connectivity index (χ0) is 30.8. The number of anilines is 1. The Labute approximate surface area is 241 Å². The Kier molecular flexibility index (Phi) is 16.1. The molecule has 0 fully saturated rings. The Morgan fingerprint density at radius 3 is 2.12 bits per heavy atom. The number of carbonyl (C=O) groups excluding carboxylic acids is 6. The molecule has 0 saturated heterocycles. The lowest BCUT2D eigenvalue weighted by atomic mass is 9.97. The largest absolute Gasteiger partial charge is 0.379 e. The fourth-order valence-electron chi connectivity index (χ4n) is 3.31. The number of nitrogens with two attached hydrogens (primary N) is 1. The Balaban J connectivity index is 0.00000106. The van der Waals surface area contributed by atoms with Gasteiger partial charge in [-0.05, 0) is 24.5 Å². The number of carbonyl (C=O) groups is 6. The number of hydrogen-bond acceptors (Lipinski definition) is 7. The highest BCUT2D eigenvalue weighted by Gasteiger charge is 2.25. The van der Waals surface area contributed by atoms with E-state index >= 15 is 0 Å². The average molecular weight is 570 g/mol. The van der Waals surface area contributed by atoms with E-state index in [1.165, 1.54) is 12.2 Å². The van der Waals surface area contributed by atoms with E-state index < -0.39 is 41.6 Å². The highest BCUT2D eigenvalue weighted by Crippen LogP contribution is 2.09. The first-order valence-electron chi connectivity index (χ1n) is 13.3. The molecule has 1 aliphatic rings. The lowest BCUT2D eigenvalue weighted by Gasteiger charge is -2.21. The van der Waals surface area contributed by atoms with E-state index in [4.69, 9.17) is 18.3 Å². The molecule has 1 aliphatic heterocycles. The van der Waals surface area contributed by atoms with Crippen LogP contribution in [0.25, 0.3) is 0 Å². The van der Waals surface area contributed by atoms with Crippen molar-refractivity contribution in [1.29, 1.82) is 0 Å². The van der Waals surface area contributed by atoms with Gasteiger partial charge in [-0.2, -0.15) is 0 Å². The third-order valence-electron chi connectivity index (χ3n) is 5.54. The highest BCUT2D eigenvalue weighted by molar-refractivity contribution is 6.12. The first kappa shape index (κ1) is 34.8. The maximum atomic E-state index is 12.5. The molecule has 0 aliphatic carbocycles. The Morgan fingerprint density at radius 2 is 1.61 bits per heavy atom. The molecule has 1 heterocycles. The average Bonchev–Trinajstić information content (AvgIpc) is 3.26. The van der Waals surface area contributed by atoms with Gasteiger partial charge in [-0.15, -0.1) is 0 Å². The summed E-state index contributed by atoms with van der Waals surface area (Å²) in [4.78, 5) is 70.7. The summed E-state index contributed by atoms with van der Waals surface area (Å²) >= 11 is 0. The smallest absolute Gasteiger partial charge is 0.312 e. The fourth-order valence-corrected chi connectivity index (χ4v) is 3.31. The number of nitrogens with one attached hydrogen (secondary N) is 4. The molecular weight excluding hydrogens is 531 g/mol. The molecule has 1 atom stereocenters.